The third-order valence-corrected chi connectivity index (χ3v) is 2.90. The van der Waals surface area contributed by atoms with Gasteiger partial charge in [0.1, 0.15) is 0 Å². The van der Waals surface area contributed by atoms with E-state index in [4.69, 9.17) is 0 Å². The second kappa shape index (κ2) is 4.65. The number of nitrogens with zero attached hydrogens (tertiary/aromatic N) is 1. The van der Waals surface area contributed by atoms with Crippen molar-refractivity contribution in [1.82, 2.24) is 9.88 Å². The minimum Gasteiger partial charge on any atom is -0.351 e. The fourth-order valence-corrected chi connectivity index (χ4v) is 1.37. The second-order valence-electron chi connectivity index (χ2n) is 4.38. The van der Waals surface area contributed by atoms with E-state index in [9.17, 15) is 0 Å². The van der Waals surface area contributed by atoms with E-state index in [1.54, 1.807) is 0 Å². The van der Waals surface area contributed by atoms with Crippen LogP contribution in [0.3, 0.4) is 0 Å². The van der Waals surface area contributed by atoms with Crippen LogP contribution in [0.15, 0.2) is 18.3 Å². The van der Waals surface area contributed by atoms with Crippen molar-refractivity contribution in [3.05, 3.63) is 24.0 Å². The molecule has 1 heterocycles. The van der Waals surface area contributed by atoms with Crippen molar-refractivity contribution in [1.29, 1.82) is 0 Å². The van der Waals surface area contributed by atoms with Gasteiger partial charge >= 0.3 is 0 Å². The molecular weight excluding hydrogens is 172 g/mol. The zero-order valence-electron chi connectivity index (χ0n) is 9.80. The normalized spacial score (nSPS) is 12.0. The first kappa shape index (κ1) is 11.3. The number of nitrogens with one attached hydrogen (secondary N) is 1. The summed E-state index contributed by atoms with van der Waals surface area (Å²) in [4.78, 5) is 0. The van der Waals surface area contributed by atoms with E-state index in [2.05, 4.69) is 55.9 Å². The largest absolute Gasteiger partial charge is 0.351 e. The predicted octanol–water partition coefficient (Wildman–Crippen LogP) is 2.79. The van der Waals surface area contributed by atoms with Gasteiger partial charge in [-0.15, -0.1) is 0 Å². The Bertz CT molecular complexity index is 274. The molecule has 0 aliphatic rings. The minimum atomic E-state index is 0.239. The van der Waals surface area contributed by atoms with E-state index in [1.165, 1.54) is 5.69 Å². The molecule has 1 aromatic rings. The summed E-state index contributed by atoms with van der Waals surface area (Å²) < 4.78 is 2.28. The van der Waals surface area contributed by atoms with Gasteiger partial charge in [0.15, 0.2) is 0 Å². The highest BCUT2D eigenvalue weighted by Crippen LogP contribution is 2.09. The average molecular weight is 194 g/mol. The Morgan fingerprint density at radius 2 is 2.07 bits per heavy atom. The number of aryl methyl sites for hydroxylation is 1. The maximum Gasteiger partial charge on any atom is 0.0363 e. The summed E-state index contributed by atoms with van der Waals surface area (Å²) in [7, 11) is 0. The molecule has 1 N–H and O–H groups in total. The zero-order chi connectivity index (χ0) is 10.6. The van der Waals surface area contributed by atoms with Crippen LogP contribution < -0.4 is 5.32 Å². The summed E-state index contributed by atoms with van der Waals surface area (Å²) in [6.07, 6.45) is 3.29. The van der Waals surface area contributed by atoms with Crippen LogP contribution in [0, 0.1) is 0 Å². The van der Waals surface area contributed by atoms with E-state index in [0.717, 1.165) is 19.5 Å². The van der Waals surface area contributed by atoms with Crippen molar-refractivity contribution >= 4 is 0 Å². The van der Waals surface area contributed by atoms with Gasteiger partial charge in [0.25, 0.3) is 0 Å². The molecule has 14 heavy (non-hydrogen) atoms. The molecule has 80 valence electrons. The van der Waals surface area contributed by atoms with Gasteiger partial charge in [0.05, 0.1) is 0 Å². The Hall–Kier alpha value is -0.760. The molecule has 0 atom stereocenters. The van der Waals surface area contributed by atoms with Crippen LogP contribution in [-0.4, -0.2) is 10.1 Å². The highest BCUT2D eigenvalue weighted by atomic mass is 15.0. The maximum atomic E-state index is 3.56. The summed E-state index contributed by atoms with van der Waals surface area (Å²) in [5.74, 6) is 0. The Balaban J connectivity index is 2.53. The lowest BCUT2D eigenvalue weighted by atomic mass is 10.0. The zero-order valence-corrected chi connectivity index (χ0v) is 9.80. The highest BCUT2D eigenvalue weighted by Gasteiger charge is 2.13. The molecule has 0 spiro atoms. The molecule has 2 nitrogen and oxygen atoms in total. The van der Waals surface area contributed by atoms with Gasteiger partial charge in [-0.05, 0) is 39.3 Å². The fourth-order valence-electron chi connectivity index (χ4n) is 1.37. The number of aromatic nitrogens is 1. The monoisotopic (exact) mass is 194 g/mol. The molecule has 0 aliphatic carbocycles. The van der Waals surface area contributed by atoms with Crippen LogP contribution in [-0.2, 0) is 13.1 Å². The maximum absolute atomic E-state index is 3.56. The average Bonchev–Trinajstić information content (AvgIpc) is 2.62. The first-order valence-corrected chi connectivity index (χ1v) is 5.48. The summed E-state index contributed by atoms with van der Waals surface area (Å²) >= 11 is 0. The van der Waals surface area contributed by atoms with E-state index in [-0.39, 0.29) is 5.54 Å². The van der Waals surface area contributed by atoms with Gasteiger partial charge < -0.3 is 9.88 Å². The lowest BCUT2D eigenvalue weighted by Crippen LogP contribution is -2.38. The quantitative estimate of drug-likeness (QED) is 0.762. The summed E-state index contributed by atoms with van der Waals surface area (Å²) in [6, 6.07) is 4.29. The van der Waals surface area contributed by atoms with E-state index < -0.39 is 0 Å². The van der Waals surface area contributed by atoms with Gasteiger partial charge in [-0.1, -0.05) is 6.92 Å². The molecule has 0 saturated heterocycles. The first-order valence-electron chi connectivity index (χ1n) is 5.48. The molecule has 0 amide bonds. The summed E-state index contributed by atoms with van der Waals surface area (Å²) in [5.41, 5.74) is 1.61. The Morgan fingerprint density at radius 1 is 1.36 bits per heavy atom. The summed E-state index contributed by atoms with van der Waals surface area (Å²) in [6.45, 7) is 10.9. The third-order valence-electron chi connectivity index (χ3n) is 2.90. The lowest BCUT2D eigenvalue weighted by Gasteiger charge is -2.24. The van der Waals surface area contributed by atoms with E-state index in [1.807, 2.05) is 0 Å². The predicted molar refractivity (Wildman–Crippen MR) is 61.3 cm³/mol. The first-order chi connectivity index (χ1) is 6.59. The molecule has 0 unspecified atom stereocenters. The van der Waals surface area contributed by atoms with Crippen LogP contribution in [0.2, 0.25) is 0 Å². The molecule has 0 aromatic carbocycles. The lowest BCUT2D eigenvalue weighted by molar-refractivity contribution is 0.369. The van der Waals surface area contributed by atoms with Crippen molar-refractivity contribution in [3.8, 4) is 0 Å². The van der Waals surface area contributed by atoms with Crippen LogP contribution in [0.25, 0.3) is 0 Å². The molecule has 1 rings (SSSR count). The van der Waals surface area contributed by atoms with Crippen LogP contribution in [0.1, 0.15) is 39.8 Å². The van der Waals surface area contributed by atoms with Crippen molar-refractivity contribution in [2.75, 3.05) is 0 Å². The Morgan fingerprint density at radius 3 is 2.64 bits per heavy atom. The van der Waals surface area contributed by atoms with Gasteiger partial charge in [-0.25, -0.2) is 0 Å². The molecule has 0 saturated carbocycles. The topological polar surface area (TPSA) is 17.0 Å². The van der Waals surface area contributed by atoms with Crippen LogP contribution in [0.4, 0.5) is 0 Å². The van der Waals surface area contributed by atoms with E-state index >= 15 is 0 Å². The van der Waals surface area contributed by atoms with Crippen molar-refractivity contribution in [2.45, 2.75) is 52.7 Å². The molecular formula is C12H22N2. The number of hydrogen-bond acceptors (Lipinski definition) is 1. The molecule has 1 aromatic heterocycles. The van der Waals surface area contributed by atoms with E-state index in [0.29, 0.717) is 0 Å². The van der Waals surface area contributed by atoms with Gasteiger partial charge in [0, 0.05) is 30.5 Å². The number of rotatable bonds is 5. The Kier molecular flexibility index (Phi) is 3.76. The minimum absolute atomic E-state index is 0.239. The Labute approximate surface area is 87.3 Å². The smallest absolute Gasteiger partial charge is 0.0363 e. The van der Waals surface area contributed by atoms with Gasteiger partial charge in [0.2, 0.25) is 0 Å². The van der Waals surface area contributed by atoms with Crippen molar-refractivity contribution in [2.24, 2.45) is 0 Å². The number of hydrogen-bond donors (Lipinski definition) is 1. The van der Waals surface area contributed by atoms with Crippen LogP contribution in [0.5, 0.6) is 0 Å². The second-order valence-corrected chi connectivity index (χ2v) is 4.38. The van der Waals surface area contributed by atoms with Gasteiger partial charge in [-0.2, -0.15) is 0 Å². The third kappa shape index (κ3) is 2.88. The molecule has 0 radical (unpaired) electrons. The van der Waals surface area contributed by atoms with Crippen LogP contribution >= 0.6 is 0 Å². The molecule has 0 aliphatic heterocycles. The fraction of sp³-hybridized carbons (Fsp3) is 0.667. The molecule has 0 bridgehead atoms. The summed E-state index contributed by atoms with van der Waals surface area (Å²) in [5, 5.41) is 3.56. The molecule has 0 fully saturated rings. The van der Waals surface area contributed by atoms with Crippen molar-refractivity contribution < 1.29 is 0 Å². The van der Waals surface area contributed by atoms with Crippen molar-refractivity contribution in [3.63, 3.8) is 0 Å². The van der Waals surface area contributed by atoms with Gasteiger partial charge in [-0.3, -0.25) is 0 Å². The SMILES string of the molecule is CCn1cccc1CNC(C)(C)CC. The standard InChI is InChI=1S/C12H22N2/c1-5-12(3,4)13-10-11-8-7-9-14(11)6-2/h7-9,13H,5-6,10H2,1-4H3. The highest BCUT2D eigenvalue weighted by molar-refractivity contribution is 5.07. The molecule has 2 heteroatoms.